The molecule has 1 aromatic carbocycles. The number of nitrogens with zero attached hydrogens (tertiary/aromatic N) is 3. The lowest BCUT2D eigenvalue weighted by molar-refractivity contribution is 0.771. The number of rotatable bonds is 5. The zero-order valence-electron chi connectivity index (χ0n) is 12.5. The van der Waals surface area contributed by atoms with E-state index < -0.39 is 0 Å². The van der Waals surface area contributed by atoms with Crippen LogP contribution in [0.15, 0.2) is 42.6 Å². The zero-order valence-corrected chi connectivity index (χ0v) is 13.3. The summed E-state index contributed by atoms with van der Waals surface area (Å²) in [4.78, 5) is 4.65. The smallest absolute Gasteiger partial charge is 0.155 e. The first-order chi connectivity index (χ1) is 10.8. The largest absolute Gasteiger partial charge is 0.234 e. The molecule has 3 rings (SSSR count). The van der Waals surface area contributed by atoms with Gasteiger partial charge in [0, 0.05) is 16.8 Å². The molecular formula is C18H18ClN3. The minimum Gasteiger partial charge on any atom is -0.234 e. The van der Waals surface area contributed by atoms with Gasteiger partial charge < -0.3 is 0 Å². The van der Waals surface area contributed by atoms with Gasteiger partial charge >= 0.3 is 0 Å². The van der Waals surface area contributed by atoms with Crippen LogP contribution in [0.4, 0.5) is 0 Å². The molecule has 0 spiro atoms. The molecule has 0 aliphatic heterocycles. The lowest BCUT2D eigenvalue weighted by Crippen LogP contribution is -2.00. The van der Waals surface area contributed by atoms with Crippen LogP contribution in [-0.2, 0) is 6.42 Å². The van der Waals surface area contributed by atoms with Crippen LogP contribution in [0, 0.1) is 0 Å². The summed E-state index contributed by atoms with van der Waals surface area (Å²) in [6, 6.07) is 11.8. The Morgan fingerprint density at radius 1 is 1.14 bits per heavy atom. The topological polar surface area (TPSA) is 30.2 Å². The van der Waals surface area contributed by atoms with E-state index in [1.165, 1.54) is 6.42 Å². The molecule has 0 radical (unpaired) electrons. The van der Waals surface area contributed by atoms with Gasteiger partial charge in [0.15, 0.2) is 5.65 Å². The van der Waals surface area contributed by atoms with Crippen LogP contribution in [0.3, 0.4) is 0 Å². The highest BCUT2D eigenvalue weighted by molar-refractivity contribution is 6.30. The van der Waals surface area contributed by atoms with Crippen molar-refractivity contribution in [2.45, 2.75) is 26.2 Å². The van der Waals surface area contributed by atoms with Gasteiger partial charge in [0.05, 0.1) is 11.9 Å². The summed E-state index contributed by atoms with van der Waals surface area (Å²) >= 11 is 5.92. The maximum absolute atomic E-state index is 5.92. The average molecular weight is 312 g/mol. The van der Waals surface area contributed by atoms with Crippen molar-refractivity contribution in [2.24, 2.45) is 0 Å². The Hall–Kier alpha value is -2.13. The molecular weight excluding hydrogens is 294 g/mol. The van der Waals surface area contributed by atoms with Crippen molar-refractivity contribution in [1.29, 1.82) is 0 Å². The van der Waals surface area contributed by atoms with Crippen LogP contribution >= 0.6 is 11.6 Å². The number of unbranched alkanes of at least 4 members (excludes halogenated alkanes) is 1. The number of hydrogen-bond acceptors (Lipinski definition) is 2. The molecule has 2 aromatic heterocycles. The van der Waals surface area contributed by atoms with Gasteiger partial charge in [0.1, 0.15) is 0 Å². The van der Waals surface area contributed by atoms with Gasteiger partial charge in [-0.1, -0.05) is 43.2 Å². The molecule has 0 aliphatic rings. The molecule has 0 atom stereocenters. The SMILES string of the molecule is CCCCc1cc(/C=C\c2ccc(Cl)cc2)n2nccc2n1. The fourth-order valence-electron chi connectivity index (χ4n) is 2.35. The van der Waals surface area contributed by atoms with Crippen LogP contribution in [0.1, 0.15) is 36.7 Å². The van der Waals surface area contributed by atoms with Crippen molar-refractivity contribution in [3.63, 3.8) is 0 Å². The fourth-order valence-corrected chi connectivity index (χ4v) is 2.48. The van der Waals surface area contributed by atoms with Crippen molar-refractivity contribution in [3.8, 4) is 0 Å². The van der Waals surface area contributed by atoms with E-state index in [9.17, 15) is 0 Å². The number of aromatic nitrogens is 3. The van der Waals surface area contributed by atoms with Crippen LogP contribution in [-0.4, -0.2) is 14.6 Å². The molecule has 22 heavy (non-hydrogen) atoms. The lowest BCUT2D eigenvalue weighted by Gasteiger charge is -2.04. The van der Waals surface area contributed by atoms with Gasteiger partial charge in [-0.05, 0) is 42.7 Å². The van der Waals surface area contributed by atoms with Gasteiger partial charge in [0.25, 0.3) is 0 Å². The third kappa shape index (κ3) is 3.37. The first kappa shape index (κ1) is 14.8. The van der Waals surface area contributed by atoms with E-state index in [1.807, 2.05) is 34.8 Å². The minimum atomic E-state index is 0.748. The second-order valence-corrected chi connectivity index (χ2v) is 5.70. The molecule has 0 N–H and O–H groups in total. The Kier molecular flexibility index (Phi) is 4.54. The molecule has 4 heteroatoms. The highest BCUT2D eigenvalue weighted by Crippen LogP contribution is 2.15. The molecule has 0 saturated heterocycles. The Morgan fingerprint density at radius 2 is 1.95 bits per heavy atom. The van der Waals surface area contributed by atoms with E-state index in [-0.39, 0.29) is 0 Å². The second kappa shape index (κ2) is 6.75. The number of halogens is 1. The van der Waals surface area contributed by atoms with Crippen molar-refractivity contribution >= 4 is 29.4 Å². The summed E-state index contributed by atoms with van der Waals surface area (Å²) in [5.41, 5.74) is 4.16. The van der Waals surface area contributed by atoms with Gasteiger partial charge in [0.2, 0.25) is 0 Å². The molecule has 2 heterocycles. The standard InChI is InChI=1S/C18H18ClN3/c1-2-3-4-16-13-17(22-18(21-16)11-12-20-22)10-7-14-5-8-15(19)9-6-14/h5-13H,2-4H2,1H3/b10-7-. The van der Waals surface area contributed by atoms with Crippen molar-refractivity contribution in [3.05, 3.63) is 64.6 Å². The quantitative estimate of drug-likeness (QED) is 0.671. The number of hydrogen-bond donors (Lipinski definition) is 0. The maximum Gasteiger partial charge on any atom is 0.155 e. The third-order valence-electron chi connectivity index (χ3n) is 3.54. The van der Waals surface area contributed by atoms with Gasteiger partial charge in [-0.25, -0.2) is 9.50 Å². The molecule has 3 aromatic rings. The Labute approximate surface area is 135 Å². The predicted molar refractivity (Wildman–Crippen MR) is 92.0 cm³/mol. The summed E-state index contributed by atoms with van der Waals surface area (Å²) in [6.07, 6.45) is 9.24. The summed E-state index contributed by atoms with van der Waals surface area (Å²) < 4.78 is 1.86. The summed E-state index contributed by atoms with van der Waals surface area (Å²) in [6.45, 7) is 2.19. The summed E-state index contributed by atoms with van der Waals surface area (Å²) in [5, 5.41) is 5.10. The second-order valence-electron chi connectivity index (χ2n) is 5.26. The Balaban J connectivity index is 1.94. The van der Waals surface area contributed by atoms with Crippen molar-refractivity contribution in [2.75, 3.05) is 0 Å². The van der Waals surface area contributed by atoms with Gasteiger partial charge in [-0.3, -0.25) is 0 Å². The third-order valence-corrected chi connectivity index (χ3v) is 3.79. The number of aryl methyl sites for hydroxylation is 1. The van der Waals surface area contributed by atoms with E-state index in [0.29, 0.717) is 0 Å². The van der Waals surface area contributed by atoms with E-state index in [1.54, 1.807) is 6.20 Å². The number of benzene rings is 1. The lowest BCUT2D eigenvalue weighted by atomic mass is 10.1. The number of fused-ring (bicyclic) bond motifs is 1. The van der Waals surface area contributed by atoms with E-state index in [0.717, 1.165) is 40.5 Å². The molecule has 0 saturated carbocycles. The molecule has 3 nitrogen and oxygen atoms in total. The molecule has 112 valence electrons. The van der Waals surface area contributed by atoms with Crippen molar-refractivity contribution < 1.29 is 0 Å². The normalized spacial score (nSPS) is 11.5. The zero-order chi connectivity index (χ0) is 15.4. The fraction of sp³-hybridized carbons (Fsp3) is 0.222. The van der Waals surface area contributed by atoms with Crippen LogP contribution in [0.5, 0.6) is 0 Å². The molecule has 0 aliphatic carbocycles. The van der Waals surface area contributed by atoms with Gasteiger partial charge in [-0.15, -0.1) is 0 Å². The Bertz CT molecular complexity index is 788. The highest BCUT2D eigenvalue weighted by atomic mass is 35.5. The monoisotopic (exact) mass is 311 g/mol. The predicted octanol–water partition coefficient (Wildman–Crippen LogP) is 4.90. The highest BCUT2D eigenvalue weighted by Gasteiger charge is 2.04. The minimum absolute atomic E-state index is 0.748. The van der Waals surface area contributed by atoms with E-state index in [2.05, 4.69) is 35.2 Å². The molecule has 0 unspecified atom stereocenters. The molecule has 0 fully saturated rings. The Morgan fingerprint density at radius 3 is 2.73 bits per heavy atom. The summed E-state index contributed by atoms with van der Waals surface area (Å²) in [7, 11) is 0. The molecule has 0 bridgehead atoms. The van der Waals surface area contributed by atoms with Crippen LogP contribution in [0.25, 0.3) is 17.8 Å². The van der Waals surface area contributed by atoms with E-state index in [4.69, 9.17) is 11.6 Å². The van der Waals surface area contributed by atoms with Gasteiger partial charge in [-0.2, -0.15) is 5.10 Å². The van der Waals surface area contributed by atoms with Crippen LogP contribution in [0.2, 0.25) is 5.02 Å². The maximum atomic E-state index is 5.92. The van der Waals surface area contributed by atoms with E-state index >= 15 is 0 Å². The van der Waals surface area contributed by atoms with Crippen molar-refractivity contribution in [1.82, 2.24) is 14.6 Å². The van der Waals surface area contributed by atoms with Crippen LogP contribution < -0.4 is 0 Å². The first-order valence-electron chi connectivity index (χ1n) is 7.53. The summed E-state index contributed by atoms with van der Waals surface area (Å²) in [5.74, 6) is 0. The first-order valence-corrected chi connectivity index (χ1v) is 7.91. The average Bonchev–Trinajstić information content (AvgIpc) is 3.00. The molecule has 0 amide bonds.